The number of aryl methyl sites for hydroxylation is 7. The second-order valence-electron chi connectivity index (χ2n) is 26.6. The summed E-state index contributed by atoms with van der Waals surface area (Å²) in [6.07, 6.45) is 8.43. The van der Waals surface area contributed by atoms with Gasteiger partial charge in [-0.15, -0.1) is 0 Å². The lowest BCUT2D eigenvalue weighted by Crippen LogP contribution is -2.26. The predicted molar refractivity (Wildman–Crippen MR) is 404 cm³/mol. The van der Waals surface area contributed by atoms with Crippen LogP contribution in [0.5, 0.6) is 0 Å². The van der Waals surface area contributed by atoms with E-state index in [0.29, 0.717) is 0 Å². The highest BCUT2D eigenvalue weighted by molar-refractivity contribution is 6.34. The highest BCUT2D eigenvalue weighted by Crippen LogP contribution is 2.61. The van der Waals surface area contributed by atoms with Gasteiger partial charge >= 0.3 is 0 Å². The van der Waals surface area contributed by atoms with Crippen molar-refractivity contribution in [2.24, 2.45) is 5.92 Å². The Bertz CT molecular complexity index is 6140. The van der Waals surface area contributed by atoms with Crippen molar-refractivity contribution in [2.75, 3.05) is 19.6 Å². The standard InChI is InChI=1S/C88H64N4O8/c1-47-81(59-25-9-17-33-71(59)93-47)89(82-48(2)94-72-34-18-10-26-60(72)82)67-45-68(90(83-49(3)95-73-35-19-11-27-61(73)83)84-50(4)96-74-36-20-12-28-62(74)84)56-43-44-58-70(92(87-53(7)99-77-39-23-15-31-65(77)87)88-54(8)100-78-40-24-16-32-66(78)88)46-69(57-42-41-55(67)79(56)80(57)58)91(85-51(5)97-75-37-21-13-29-63(75)85)86-52(6)98-76-38-22-14-30-64(76)86/h9-46,59,71H,1-8H3. The van der Waals surface area contributed by atoms with Gasteiger partial charge in [0.25, 0.3) is 0 Å². The maximum atomic E-state index is 7.06. The van der Waals surface area contributed by atoms with Gasteiger partial charge in [0.2, 0.25) is 0 Å². The van der Waals surface area contributed by atoms with Crippen LogP contribution in [0, 0.1) is 54.4 Å². The largest absolute Gasteiger partial charge is 0.488 e. The van der Waals surface area contributed by atoms with Crippen LogP contribution in [0.15, 0.2) is 273 Å². The SMILES string of the molecule is CC1=C(N(c2c(C)oc3ccccc23)c2cc(N(c3c(C)oc4ccccc34)c3c(C)oc4ccccc34)c3ccc4c(N(c5c(C)oc6ccccc56)c5c(C)oc6ccccc56)cc(N(c5c(C)oc6ccccc56)c5c(C)oc6ccccc56)c5ccc2c3c54)C2C=CC=CC2O1. The first-order valence-electron chi connectivity index (χ1n) is 34.0. The molecule has 0 amide bonds. The average molecular weight is 1310 g/mol. The number of anilines is 11. The number of para-hydroxylation sites is 7. The van der Waals surface area contributed by atoms with Gasteiger partial charge in [-0.1, -0.05) is 127 Å². The van der Waals surface area contributed by atoms with E-state index in [0.717, 1.165) is 223 Å². The Morgan fingerprint density at radius 2 is 0.480 bits per heavy atom. The maximum Gasteiger partial charge on any atom is 0.136 e. The van der Waals surface area contributed by atoms with Crippen LogP contribution in [-0.4, -0.2) is 6.10 Å². The molecule has 20 rings (SSSR count). The summed E-state index contributed by atoms with van der Waals surface area (Å²) in [5, 5.41) is 12.5. The molecule has 2 aliphatic rings. The molecule has 2 unspecified atom stereocenters. The van der Waals surface area contributed by atoms with E-state index in [1.54, 1.807) is 0 Å². The van der Waals surface area contributed by atoms with Crippen molar-refractivity contribution < 1.29 is 35.7 Å². The molecule has 0 bridgehead atoms. The van der Waals surface area contributed by atoms with E-state index in [1.165, 1.54) is 0 Å². The molecule has 0 saturated heterocycles. The number of fused-ring (bicyclic) bond motifs is 8. The zero-order valence-corrected chi connectivity index (χ0v) is 56.1. The molecule has 7 aromatic heterocycles. The maximum absolute atomic E-state index is 7.06. The summed E-state index contributed by atoms with van der Waals surface area (Å²) < 4.78 is 55.7. The van der Waals surface area contributed by atoms with Gasteiger partial charge in [0.1, 0.15) is 91.3 Å². The van der Waals surface area contributed by atoms with Crippen molar-refractivity contribution in [1.82, 2.24) is 0 Å². The Hall–Kier alpha value is -12.5. The van der Waals surface area contributed by atoms with E-state index < -0.39 is 0 Å². The summed E-state index contributed by atoms with van der Waals surface area (Å²) in [6, 6.07) is 72.5. The molecular formula is C88H64N4O8. The van der Waals surface area contributed by atoms with Gasteiger partial charge in [0, 0.05) is 70.0 Å². The topological polar surface area (TPSA) is 114 Å². The van der Waals surface area contributed by atoms with Gasteiger partial charge in [-0.2, -0.15) is 0 Å². The normalized spacial score (nSPS) is 14.8. The lowest BCUT2D eigenvalue weighted by Gasteiger charge is -2.35. The first kappa shape index (κ1) is 57.7. The molecule has 484 valence electrons. The van der Waals surface area contributed by atoms with Crippen LogP contribution < -0.4 is 19.6 Å². The van der Waals surface area contributed by atoms with Gasteiger partial charge in [0.05, 0.1) is 74.2 Å². The highest BCUT2D eigenvalue weighted by Gasteiger charge is 2.42. The molecule has 1 aliphatic carbocycles. The molecule has 18 aromatic rings. The van der Waals surface area contributed by atoms with Crippen LogP contribution in [-0.2, 0) is 4.74 Å². The third kappa shape index (κ3) is 8.15. The molecule has 0 fully saturated rings. The molecule has 11 aromatic carbocycles. The van der Waals surface area contributed by atoms with E-state index in [-0.39, 0.29) is 12.0 Å². The summed E-state index contributed by atoms with van der Waals surface area (Å²) in [5.41, 5.74) is 16.1. The predicted octanol–water partition coefficient (Wildman–Crippen LogP) is 25.9. The van der Waals surface area contributed by atoms with Gasteiger partial charge in [-0.3, -0.25) is 0 Å². The molecule has 8 heterocycles. The number of hydrogen-bond acceptors (Lipinski definition) is 12. The first-order chi connectivity index (χ1) is 48.9. The summed E-state index contributed by atoms with van der Waals surface area (Å²) in [5.74, 6) is 5.80. The number of nitrogens with zero attached hydrogens (tertiary/aromatic N) is 4. The monoisotopic (exact) mass is 1300 g/mol. The van der Waals surface area contributed by atoms with Crippen molar-refractivity contribution >= 4 is 172 Å². The third-order valence-electron chi connectivity index (χ3n) is 20.8. The van der Waals surface area contributed by atoms with Crippen molar-refractivity contribution in [2.45, 2.75) is 61.5 Å². The Balaban J connectivity index is 1.03. The lowest BCUT2D eigenvalue weighted by molar-refractivity contribution is 0.166. The van der Waals surface area contributed by atoms with E-state index in [4.69, 9.17) is 35.7 Å². The van der Waals surface area contributed by atoms with Crippen LogP contribution >= 0.6 is 0 Å². The van der Waals surface area contributed by atoms with Gasteiger partial charge in [-0.25, -0.2) is 0 Å². The number of hydrogen-bond donors (Lipinski definition) is 0. The van der Waals surface area contributed by atoms with Crippen molar-refractivity contribution in [3.05, 3.63) is 282 Å². The number of ether oxygens (including phenoxy) is 1. The molecule has 12 heteroatoms. The number of rotatable bonds is 12. The summed E-state index contributed by atoms with van der Waals surface area (Å²) in [4.78, 5) is 9.70. The Labute approximate surface area is 573 Å². The van der Waals surface area contributed by atoms with Gasteiger partial charge in [-0.05, 0) is 159 Å². The summed E-state index contributed by atoms with van der Waals surface area (Å²) in [6.45, 7) is 16.6. The quantitative estimate of drug-likeness (QED) is 0.109. The van der Waals surface area contributed by atoms with E-state index in [9.17, 15) is 0 Å². The van der Waals surface area contributed by atoms with E-state index in [2.05, 4.69) is 263 Å². The van der Waals surface area contributed by atoms with Crippen molar-refractivity contribution in [3.8, 4) is 0 Å². The second kappa shape index (κ2) is 21.5. The fourth-order valence-corrected chi connectivity index (χ4v) is 16.9. The minimum atomic E-state index is -0.256. The molecule has 0 N–H and O–H groups in total. The number of furan rings is 7. The minimum Gasteiger partial charge on any atom is -0.488 e. The molecule has 12 nitrogen and oxygen atoms in total. The molecular weight excluding hydrogens is 1240 g/mol. The average Bonchev–Trinajstić information content (AvgIpc) is 0.969. The Kier molecular flexibility index (Phi) is 12.4. The molecule has 0 spiro atoms. The Morgan fingerprint density at radius 1 is 0.250 bits per heavy atom. The van der Waals surface area contributed by atoms with Crippen LogP contribution in [0.4, 0.5) is 62.6 Å². The first-order valence-corrected chi connectivity index (χ1v) is 34.0. The minimum absolute atomic E-state index is 0.182. The summed E-state index contributed by atoms with van der Waals surface area (Å²) >= 11 is 0. The van der Waals surface area contributed by atoms with Gasteiger partial charge in [0.15, 0.2) is 0 Å². The molecule has 1 aliphatic heterocycles. The highest BCUT2D eigenvalue weighted by atomic mass is 16.5. The van der Waals surface area contributed by atoms with Gasteiger partial charge < -0.3 is 55.3 Å². The van der Waals surface area contributed by atoms with Crippen LogP contribution in [0.1, 0.15) is 47.2 Å². The van der Waals surface area contributed by atoms with Crippen molar-refractivity contribution in [3.63, 3.8) is 0 Å². The molecule has 2 atom stereocenters. The summed E-state index contributed by atoms with van der Waals surface area (Å²) in [7, 11) is 0. The zero-order chi connectivity index (χ0) is 67.1. The molecule has 0 saturated carbocycles. The second-order valence-corrected chi connectivity index (χ2v) is 26.6. The van der Waals surface area contributed by atoms with Crippen molar-refractivity contribution in [1.29, 1.82) is 0 Å². The van der Waals surface area contributed by atoms with E-state index >= 15 is 0 Å². The number of benzene rings is 11. The fourth-order valence-electron chi connectivity index (χ4n) is 16.9. The zero-order valence-electron chi connectivity index (χ0n) is 56.1. The number of allylic oxidation sites excluding steroid dienone is 3. The fraction of sp³-hybridized carbons (Fsp3) is 0.114. The van der Waals surface area contributed by atoms with E-state index in [1.807, 2.05) is 42.5 Å². The Morgan fingerprint density at radius 3 is 0.750 bits per heavy atom. The van der Waals surface area contributed by atoms with Crippen LogP contribution in [0.3, 0.4) is 0 Å². The van der Waals surface area contributed by atoms with Crippen LogP contribution in [0.2, 0.25) is 0 Å². The third-order valence-corrected chi connectivity index (χ3v) is 20.8. The lowest BCUT2D eigenvalue weighted by atomic mass is 9.88. The smallest absolute Gasteiger partial charge is 0.136 e. The van der Waals surface area contributed by atoms with Crippen LogP contribution in [0.25, 0.3) is 109 Å². The molecule has 0 radical (unpaired) electrons. The molecule has 100 heavy (non-hydrogen) atoms.